The molecule has 0 aliphatic heterocycles. The SMILES string of the molecule is CC(Oc1cccc(CO)c1)C(=O)NCc1ncccc1F. The van der Waals surface area contributed by atoms with Crippen LogP contribution >= 0.6 is 0 Å². The number of rotatable bonds is 6. The van der Waals surface area contributed by atoms with E-state index in [2.05, 4.69) is 10.3 Å². The summed E-state index contributed by atoms with van der Waals surface area (Å²) in [7, 11) is 0. The van der Waals surface area contributed by atoms with E-state index < -0.39 is 11.9 Å². The van der Waals surface area contributed by atoms with Gasteiger partial charge in [0.2, 0.25) is 0 Å². The van der Waals surface area contributed by atoms with E-state index in [1.54, 1.807) is 31.2 Å². The highest BCUT2D eigenvalue weighted by atomic mass is 19.1. The van der Waals surface area contributed by atoms with E-state index in [9.17, 15) is 9.18 Å². The second kappa shape index (κ2) is 7.51. The second-order valence-electron chi connectivity index (χ2n) is 4.72. The molecule has 0 fully saturated rings. The van der Waals surface area contributed by atoms with Crippen LogP contribution in [0.4, 0.5) is 4.39 Å². The molecule has 0 spiro atoms. The molecule has 0 bridgehead atoms. The average Bonchev–Trinajstić information content (AvgIpc) is 2.54. The van der Waals surface area contributed by atoms with Gasteiger partial charge in [-0.1, -0.05) is 12.1 Å². The van der Waals surface area contributed by atoms with Gasteiger partial charge in [0, 0.05) is 6.20 Å². The van der Waals surface area contributed by atoms with Crippen LogP contribution in [0.1, 0.15) is 18.2 Å². The predicted octanol–water partition coefficient (Wildman–Crippen LogP) is 1.80. The van der Waals surface area contributed by atoms with Crippen LogP contribution in [0, 0.1) is 5.82 Å². The number of carbonyl (C=O) groups is 1. The highest BCUT2D eigenvalue weighted by molar-refractivity contribution is 5.80. The highest BCUT2D eigenvalue weighted by Gasteiger charge is 2.15. The fraction of sp³-hybridized carbons (Fsp3) is 0.250. The maximum Gasteiger partial charge on any atom is 0.261 e. The first kappa shape index (κ1) is 15.9. The molecule has 6 heteroatoms. The molecule has 1 heterocycles. The molecule has 1 aromatic carbocycles. The zero-order chi connectivity index (χ0) is 15.9. The number of aromatic nitrogens is 1. The van der Waals surface area contributed by atoms with Crippen molar-refractivity contribution in [3.63, 3.8) is 0 Å². The maximum atomic E-state index is 13.4. The summed E-state index contributed by atoms with van der Waals surface area (Å²) >= 11 is 0. The summed E-state index contributed by atoms with van der Waals surface area (Å²) in [5, 5.41) is 11.6. The van der Waals surface area contributed by atoms with Gasteiger partial charge in [-0.3, -0.25) is 9.78 Å². The molecular weight excluding hydrogens is 287 g/mol. The Hall–Kier alpha value is -2.47. The molecule has 0 aliphatic rings. The maximum absolute atomic E-state index is 13.4. The van der Waals surface area contributed by atoms with E-state index in [4.69, 9.17) is 9.84 Å². The monoisotopic (exact) mass is 304 g/mol. The van der Waals surface area contributed by atoms with Crippen LogP contribution in [0.2, 0.25) is 0 Å². The van der Waals surface area contributed by atoms with Gasteiger partial charge in [0.1, 0.15) is 11.6 Å². The fourth-order valence-electron chi connectivity index (χ4n) is 1.84. The molecule has 0 aliphatic carbocycles. The number of aliphatic hydroxyl groups is 1. The van der Waals surface area contributed by atoms with Crippen molar-refractivity contribution >= 4 is 5.91 Å². The lowest BCUT2D eigenvalue weighted by Crippen LogP contribution is -2.36. The smallest absolute Gasteiger partial charge is 0.261 e. The van der Waals surface area contributed by atoms with Crippen molar-refractivity contribution in [2.75, 3.05) is 0 Å². The molecular formula is C16H17FN2O3. The molecule has 0 saturated carbocycles. The Bertz CT molecular complexity index is 649. The Morgan fingerprint density at radius 1 is 1.41 bits per heavy atom. The zero-order valence-electron chi connectivity index (χ0n) is 12.1. The van der Waals surface area contributed by atoms with Crippen molar-refractivity contribution in [1.82, 2.24) is 10.3 Å². The van der Waals surface area contributed by atoms with Crippen molar-refractivity contribution in [3.05, 3.63) is 59.7 Å². The van der Waals surface area contributed by atoms with Crippen molar-refractivity contribution in [3.8, 4) is 5.75 Å². The first-order valence-corrected chi connectivity index (χ1v) is 6.83. The molecule has 0 radical (unpaired) electrons. The third kappa shape index (κ3) is 4.26. The Labute approximate surface area is 127 Å². The van der Waals surface area contributed by atoms with Gasteiger partial charge >= 0.3 is 0 Å². The first-order chi connectivity index (χ1) is 10.6. The number of halogens is 1. The topological polar surface area (TPSA) is 71.5 Å². The van der Waals surface area contributed by atoms with Gasteiger partial charge in [0.25, 0.3) is 5.91 Å². The molecule has 1 aromatic heterocycles. The van der Waals surface area contributed by atoms with Gasteiger partial charge in [0.05, 0.1) is 18.8 Å². The van der Waals surface area contributed by atoms with E-state index in [-0.39, 0.29) is 24.8 Å². The second-order valence-corrected chi connectivity index (χ2v) is 4.72. The number of nitrogens with zero attached hydrogens (tertiary/aromatic N) is 1. The van der Waals surface area contributed by atoms with Gasteiger partial charge in [-0.05, 0) is 36.8 Å². The average molecular weight is 304 g/mol. The number of amides is 1. The first-order valence-electron chi connectivity index (χ1n) is 6.83. The van der Waals surface area contributed by atoms with Crippen molar-refractivity contribution in [1.29, 1.82) is 0 Å². The number of aliphatic hydroxyl groups excluding tert-OH is 1. The minimum atomic E-state index is -0.749. The molecule has 1 amide bonds. The summed E-state index contributed by atoms with van der Waals surface area (Å²) in [6.45, 7) is 1.49. The van der Waals surface area contributed by atoms with Crippen LogP contribution in [0.5, 0.6) is 5.75 Å². The minimum Gasteiger partial charge on any atom is -0.481 e. The van der Waals surface area contributed by atoms with E-state index in [1.807, 2.05) is 0 Å². The van der Waals surface area contributed by atoms with Gasteiger partial charge in [-0.15, -0.1) is 0 Å². The van der Waals surface area contributed by atoms with Crippen LogP contribution in [0.25, 0.3) is 0 Å². The van der Waals surface area contributed by atoms with Gasteiger partial charge in [0.15, 0.2) is 6.10 Å². The summed E-state index contributed by atoms with van der Waals surface area (Å²) in [6.07, 6.45) is 0.714. The zero-order valence-corrected chi connectivity index (χ0v) is 12.1. The molecule has 2 aromatic rings. The Morgan fingerprint density at radius 3 is 2.95 bits per heavy atom. The fourth-order valence-corrected chi connectivity index (χ4v) is 1.84. The van der Waals surface area contributed by atoms with E-state index in [0.717, 1.165) is 0 Å². The Balaban J connectivity index is 1.90. The predicted molar refractivity (Wildman–Crippen MR) is 78.5 cm³/mol. The van der Waals surface area contributed by atoms with Gasteiger partial charge in [-0.2, -0.15) is 0 Å². The highest BCUT2D eigenvalue weighted by Crippen LogP contribution is 2.15. The molecule has 22 heavy (non-hydrogen) atoms. The molecule has 5 nitrogen and oxygen atoms in total. The molecule has 1 atom stereocenters. The summed E-state index contributed by atoms with van der Waals surface area (Å²) < 4.78 is 18.9. The van der Waals surface area contributed by atoms with Crippen LogP contribution in [0.3, 0.4) is 0 Å². The lowest BCUT2D eigenvalue weighted by atomic mass is 10.2. The summed E-state index contributed by atoms with van der Waals surface area (Å²) in [4.78, 5) is 15.8. The third-order valence-electron chi connectivity index (χ3n) is 3.03. The molecule has 1 unspecified atom stereocenters. The summed E-state index contributed by atoms with van der Waals surface area (Å²) in [6, 6.07) is 9.61. The summed E-state index contributed by atoms with van der Waals surface area (Å²) in [5.41, 5.74) is 0.867. The molecule has 116 valence electrons. The largest absolute Gasteiger partial charge is 0.481 e. The van der Waals surface area contributed by atoms with Gasteiger partial charge < -0.3 is 15.2 Å². The van der Waals surface area contributed by atoms with Crippen LogP contribution < -0.4 is 10.1 Å². The van der Waals surface area contributed by atoms with E-state index in [1.165, 1.54) is 18.3 Å². The number of hydrogen-bond donors (Lipinski definition) is 2. The minimum absolute atomic E-state index is 0.00408. The number of benzene rings is 1. The van der Waals surface area contributed by atoms with E-state index in [0.29, 0.717) is 11.3 Å². The van der Waals surface area contributed by atoms with Crippen molar-refractivity contribution < 1.29 is 19.0 Å². The number of ether oxygens (including phenoxy) is 1. The normalized spacial score (nSPS) is 11.8. The standard InChI is InChI=1S/C16H17FN2O3/c1-11(22-13-5-2-4-12(8-13)10-20)16(21)19-9-15-14(17)6-3-7-18-15/h2-8,11,20H,9-10H2,1H3,(H,19,21). The van der Waals surface area contributed by atoms with Crippen LogP contribution in [0.15, 0.2) is 42.6 Å². The lowest BCUT2D eigenvalue weighted by molar-refractivity contribution is -0.127. The third-order valence-corrected chi connectivity index (χ3v) is 3.03. The Kier molecular flexibility index (Phi) is 5.43. The lowest BCUT2D eigenvalue weighted by Gasteiger charge is -2.15. The number of pyridine rings is 1. The number of nitrogens with one attached hydrogen (secondary N) is 1. The van der Waals surface area contributed by atoms with Crippen LogP contribution in [-0.4, -0.2) is 22.1 Å². The number of carbonyl (C=O) groups excluding carboxylic acids is 1. The van der Waals surface area contributed by atoms with Crippen LogP contribution in [-0.2, 0) is 17.9 Å². The van der Waals surface area contributed by atoms with E-state index >= 15 is 0 Å². The van der Waals surface area contributed by atoms with Crippen molar-refractivity contribution in [2.24, 2.45) is 0 Å². The molecule has 2 rings (SSSR count). The summed E-state index contributed by atoms with van der Waals surface area (Å²) in [5.74, 6) is -0.357. The molecule has 0 saturated heterocycles. The molecule has 2 N–H and O–H groups in total. The Morgan fingerprint density at radius 2 is 2.23 bits per heavy atom. The quantitative estimate of drug-likeness (QED) is 0.853. The number of hydrogen-bond acceptors (Lipinski definition) is 4. The van der Waals surface area contributed by atoms with Crippen molar-refractivity contribution in [2.45, 2.75) is 26.2 Å². The van der Waals surface area contributed by atoms with Gasteiger partial charge in [-0.25, -0.2) is 4.39 Å².